The average Bonchev–Trinajstić information content (AvgIpc) is 1.63. The molecule has 2 heteroatoms. The normalized spacial score (nSPS) is 12.4. The molecule has 0 rings (SSSR count). The van der Waals surface area contributed by atoms with Crippen LogP contribution in [0.1, 0.15) is 27.7 Å². The summed E-state index contributed by atoms with van der Waals surface area (Å²) < 4.78 is 0. The minimum absolute atomic E-state index is 0.134. The van der Waals surface area contributed by atoms with Crippen LogP contribution in [-0.2, 0) is 4.84 Å². The molecule has 0 saturated heterocycles. The third-order valence-corrected chi connectivity index (χ3v) is 0.644. The molecule has 0 saturated carbocycles. The molecule has 54 valence electrons. The number of nitrogens with zero attached hydrogens (tertiary/aromatic N) is 1. The molecule has 0 atom stereocenters. The molecule has 0 amide bonds. The Balaban J connectivity index is 3.45. The molecule has 0 aromatic rings. The lowest BCUT2D eigenvalue weighted by Crippen LogP contribution is -2.06. The first-order valence-electron chi connectivity index (χ1n) is 3.23. The van der Waals surface area contributed by atoms with Crippen LogP contribution in [0.2, 0.25) is 0 Å². The van der Waals surface area contributed by atoms with Crippen molar-refractivity contribution in [1.29, 1.82) is 0 Å². The van der Waals surface area contributed by atoms with Crippen molar-refractivity contribution in [3.05, 3.63) is 0 Å². The zero-order valence-electron chi connectivity index (χ0n) is 6.64. The number of oxime groups is 1. The van der Waals surface area contributed by atoms with E-state index < -0.39 is 0 Å². The SMILES string of the molecule is CCO/N=C\C(C)(C)C. The second-order valence-corrected chi connectivity index (χ2v) is 3.02. The maximum Gasteiger partial charge on any atom is 0.114 e. The third-order valence-electron chi connectivity index (χ3n) is 0.644. The van der Waals surface area contributed by atoms with Crippen molar-refractivity contribution < 1.29 is 4.84 Å². The number of hydrogen-bond donors (Lipinski definition) is 0. The monoisotopic (exact) mass is 129 g/mol. The van der Waals surface area contributed by atoms with E-state index >= 15 is 0 Å². The molecule has 0 N–H and O–H groups in total. The highest BCUT2D eigenvalue weighted by Crippen LogP contribution is 2.07. The van der Waals surface area contributed by atoms with Crippen LogP contribution >= 0.6 is 0 Å². The molecule has 0 aliphatic carbocycles. The van der Waals surface area contributed by atoms with E-state index in [-0.39, 0.29) is 5.41 Å². The van der Waals surface area contributed by atoms with Gasteiger partial charge in [0.1, 0.15) is 6.61 Å². The molecule has 0 aromatic carbocycles. The van der Waals surface area contributed by atoms with E-state index in [2.05, 4.69) is 25.9 Å². The summed E-state index contributed by atoms with van der Waals surface area (Å²) in [6.07, 6.45) is 1.80. The molecule has 0 bridgehead atoms. The highest BCUT2D eigenvalue weighted by Gasteiger charge is 2.04. The Bertz CT molecular complexity index is 91.6. The predicted octanol–water partition coefficient (Wildman–Crippen LogP) is 2.05. The number of hydrogen-bond acceptors (Lipinski definition) is 2. The quantitative estimate of drug-likeness (QED) is 0.413. The van der Waals surface area contributed by atoms with Gasteiger partial charge in [-0.3, -0.25) is 0 Å². The lowest BCUT2D eigenvalue weighted by Gasteiger charge is -2.08. The smallest absolute Gasteiger partial charge is 0.114 e. The molecule has 0 unspecified atom stereocenters. The van der Waals surface area contributed by atoms with Gasteiger partial charge in [0.25, 0.3) is 0 Å². The van der Waals surface area contributed by atoms with Gasteiger partial charge < -0.3 is 4.84 Å². The van der Waals surface area contributed by atoms with Gasteiger partial charge in [0.05, 0.1) is 0 Å². The molecule has 0 fully saturated rings. The van der Waals surface area contributed by atoms with Crippen LogP contribution < -0.4 is 0 Å². The summed E-state index contributed by atoms with van der Waals surface area (Å²) in [7, 11) is 0. The Labute approximate surface area is 56.9 Å². The molecular formula is C7H15NO. The lowest BCUT2D eigenvalue weighted by molar-refractivity contribution is 0.158. The van der Waals surface area contributed by atoms with Gasteiger partial charge in [-0.1, -0.05) is 25.9 Å². The van der Waals surface area contributed by atoms with Gasteiger partial charge in [-0.2, -0.15) is 0 Å². The Kier molecular flexibility index (Phi) is 3.28. The van der Waals surface area contributed by atoms with Crippen LogP contribution in [-0.4, -0.2) is 12.8 Å². The predicted molar refractivity (Wildman–Crippen MR) is 39.6 cm³/mol. The Hall–Kier alpha value is -0.530. The van der Waals surface area contributed by atoms with Gasteiger partial charge in [-0.15, -0.1) is 0 Å². The highest BCUT2D eigenvalue weighted by molar-refractivity contribution is 5.63. The zero-order valence-corrected chi connectivity index (χ0v) is 6.64. The second-order valence-electron chi connectivity index (χ2n) is 3.02. The zero-order chi connectivity index (χ0) is 7.33. The van der Waals surface area contributed by atoms with E-state index in [1.165, 1.54) is 0 Å². The lowest BCUT2D eigenvalue weighted by atomic mass is 10.00. The van der Waals surface area contributed by atoms with Gasteiger partial charge in [-0.25, -0.2) is 0 Å². The summed E-state index contributed by atoms with van der Waals surface area (Å²) >= 11 is 0. The van der Waals surface area contributed by atoms with Crippen LogP contribution in [0, 0.1) is 5.41 Å². The fourth-order valence-electron chi connectivity index (χ4n) is 0.270. The molecule has 0 aromatic heterocycles. The maximum absolute atomic E-state index is 4.78. The van der Waals surface area contributed by atoms with Crippen LogP contribution in [0.3, 0.4) is 0 Å². The van der Waals surface area contributed by atoms with Crippen molar-refractivity contribution >= 4 is 6.21 Å². The van der Waals surface area contributed by atoms with Gasteiger partial charge in [0.15, 0.2) is 0 Å². The summed E-state index contributed by atoms with van der Waals surface area (Å²) in [5, 5.41) is 3.74. The Morgan fingerprint density at radius 1 is 1.44 bits per heavy atom. The van der Waals surface area contributed by atoms with Crippen LogP contribution in [0.4, 0.5) is 0 Å². The van der Waals surface area contributed by atoms with E-state index in [9.17, 15) is 0 Å². The van der Waals surface area contributed by atoms with Crippen molar-refractivity contribution in [2.75, 3.05) is 6.61 Å². The van der Waals surface area contributed by atoms with Crippen molar-refractivity contribution in [2.24, 2.45) is 10.6 Å². The number of rotatable bonds is 2. The van der Waals surface area contributed by atoms with Crippen LogP contribution in [0.25, 0.3) is 0 Å². The molecule has 9 heavy (non-hydrogen) atoms. The summed E-state index contributed by atoms with van der Waals surface area (Å²) in [6.45, 7) is 8.80. The van der Waals surface area contributed by atoms with Gasteiger partial charge >= 0.3 is 0 Å². The Morgan fingerprint density at radius 3 is 2.33 bits per heavy atom. The molecule has 0 aliphatic rings. The summed E-state index contributed by atoms with van der Waals surface area (Å²) in [6, 6.07) is 0. The van der Waals surface area contributed by atoms with Gasteiger partial charge in [0, 0.05) is 11.6 Å². The molecular weight excluding hydrogens is 114 g/mol. The third kappa shape index (κ3) is 7.47. The molecule has 0 heterocycles. The van der Waals surface area contributed by atoms with E-state index in [4.69, 9.17) is 4.84 Å². The Morgan fingerprint density at radius 2 is 2.00 bits per heavy atom. The van der Waals surface area contributed by atoms with Crippen molar-refractivity contribution in [1.82, 2.24) is 0 Å². The average molecular weight is 129 g/mol. The molecule has 0 radical (unpaired) electrons. The minimum Gasteiger partial charge on any atom is -0.396 e. The summed E-state index contributed by atoms with van der Waals surface area (Å²) in [5.74, 6) is 0. The molecule has 0 aliphatic heterocycles. The second kappa shape index (κ2) is 3.49. The molecule has 0 spiro atoms. The van der Waals surface area contributed by atoms with Crippen molar-refractivity contribution in [3.8, 4) is 0 Å². The van der Waals surface area contributed by atoms with E-state index in [1.54, 1.807) is 6.21 Å². The summed E-state index contributed by atoms with van der Waals surface area (Å²) in [5.41, 5.74) is 0.134. The van der Waals surface area contributed by atoms with Gasteiger partial charge in [0.2, 0.25) is 0 Å². The van der Waals surface area contributed by atoms with E-state index in [0.29, 0.717) is 6.61 Å². The molecule has 2 nitrogen and oxygen atoms in total. The fraction of sp³-hybridized carbons (Fsp3) is 0.857. The van der Waals surface area contributed by atoms with Crippen molar-refractivity contribution in [2.45, 2.75) is 27.7 Å². The largest absolute Gasteiger partial charge is 0.396 e. The van der Waals surface area contributed by atoms with E-state index in [0.717, 1.165) is 0 Å². The van der Waals surface area contributed by atoms with Crippen LogP contribution in [0.5, 0.6) is 0 Å². The first-order valence-corrected chi connectivity index (χ1v) is 3.23. The highest BCUT2D eigenvalue weighted by atomic mass is 16.6. The minimum atomic E-state index is 0.134. The van der Waals surface area contributed by atoms with Crippen molar-refractivity contribution in [3.63, 3.8) is 0 Å². The fourth-order valence-corrected chi connectivity index (χ4v) is 0.270. The standard InChI is InChI=1S/C7H15NO/c1-5-9-8-6-7(2,3)4/h6H,5H2,1-4H3/b8-6-. The van der Waals surface area contributed by atoms with Gasteiger partial charge in [-0.05, 0) is 6.92 Å². The first kappa shape index (κ1) is 8.47. The van der Waals surface area contributed by atoms with E-state index in [1.807, 2.05) is 6.92 Å². The summed E-state index contributed by atoms with van der Waals surface area (Å²) in [4.78, 5) is 4.78. The van der Waals surface area contributed by atoms with Crippen LogP contribution in [0.15, 0.2) is 5.16 Å². The maximum atomic E-state index is 4.78. The topological polar surface area (TPSA) is 21.6 Å². The first-order chi connectivity index (χ1) is 4.06.